The van der Waals surface area contributed by atoms with Gasteiger partial charge >= 0.3 is 0 Å². The van der Waals surface area contributed by atoms with Crippen LogP contribution in [0.5, 0.6) is 0 Å². The predicted octanol–water partition coefficient (Wildman–Crippen LogP) is 3.74. The first kappa shape index (κ1) is 15.0. The number of rotatable bonds is 4. The number of morpholine rings is 1. The molecule has 3 aromatic heterocycles. The lowest BCUT2D eigenvalue weighted by Crippen LogP contribution is -2.37. The molecule has 1 fully saturated rings. The van der Waals surface area contributed by atoms with Gasteiger partial charge in [-0.1, -0.05) is 0 Å². The molecule has 0 radical (unpaired) electrons. The molecule has 0 aliphatic carbocycles. The molecule has 1 unspecified atom stereocenters. The minimum absolute atomic E-state index is 0.0747. The minimum atomic E-state index is 0.0747. The molecule has 1 saturated heterocycles. The van der Waals surface area contributed by atoms with Crippen LogP contribution in [0.3, 0.4) is 0 Å². The maximum atomic E-state index is 5.88. The second-order valence-electron chi connectivity index (χ2n) is 5.54. The number of hydrogen-bond donors (Lipinski definition) is 0. The Balaban J connectivity index is 1.42. The van der Waals surface area contributed by atoms with Gasteiger partial charge < -0.3 is 9.15 Å². The molecule has 0 aromatic carbocycles. The molecule has 4 rings (SSSR count). The van der Waals surface area contributed by atoms with E-state index in [-0.39, 0.29) is 6.10 Å². The molecule has 1 aliphatic heterocycles. The molecule has 120 valence electrons. The van der Waals surface area contributed by atoms with E-state index in [0.29, 0.717) is 0 Å². The maximum Gasteiger partial charge on any atom is 0.162 e. The Hall–Kier alpha value is -1.54. The molecule has 7 heteroatoms. The van der Waals surface area contributed by atoms with Gasteiger partial charge in [0.1, 0.15) is 11.1 Å². The van der Waals surface area contributed by atoms with E-state index in [0.717, 1.165) is 53.4 Å². The number of aryl methyl sites for hydroxylation is 1. The highest BCUT2D eigenvalue weighted by molar-refractivity contribution is 7.13. The van der Waals surface area contributed by atoms with E-state index < -0.39 is 0 Å². The monoisotopic (exact) mass is 347 g/mol. The van der Waals surface area contributed by atoms with Crippen molar-refractivity contribution in [3.8, 4) is 10.8 Å². The van der Waals surface area contributed by atoms with Crippen LogP contribution in [0, 0.1) is 6.92 Å². The molecular formula is C16H17N3O2S2. The molecule has 0 saturated carbocycles. The van der Waals surface area contributed by atoms with Gasteiger partial charge in [-0.05, 0) is 19.1 Å². The van der Waals surface area contributed by atoms with Gasteiger partial charge in [0.15, 0.2) is 10.8 Å². The molecule has 3 aromatic rings. The van der Waals surface area contributed by atoms with Crippen LogP contribution in [0.4, 0.5) is 0 Å². The van der Waals surface area contributed by atoms with Crippen molar-refractivity contribution in [1.82, 2.24) is 14.9 Å². The summed E-state index contributed by atoms with van der Waals surface area (Å²) in [5.41, 5.74) is 2.14. The van der Waals surface area contributed by atoms with E-state index in [1.807, 2.05) is 19.1 Å². The molecule has 0 spiro atoms. The number of nitrogens with zero attached hydrogens (tertiary/aromatic N) is 3. The summed E-state index contributed by atoms with van der Waals surface area (Å²) in [5, 5.41) is 6.19. The van der Waals surface area contributed by atoms with Crippen molar-refractivity contribution < 1.29 is 9.15 Å². The second-order valence-corrected chi connectivity index (χ2v) is 7.29. The van der Waals surface area contributed by atoms with Crippen LogP contribution >= 0.6 is 22.7 Å². The van der Waals surface area contributed by atoms with Crippen LogP contribution < -0.4 is 0 Å². The van der Waals surface area contributed by atoms with Gasteiger partial charge in [-0.25, -0.2) is 9.97 Å². The zero-order valence-corrected chi connectivity index (χ0v) is 14.4. The van der Waals surface area contributed by atoms with Crippen molar-refractivity contribution in [2.45, 2.75) is 19.6 Å². The number of hydrogen-bond acceptors (Lipinski definition) is 7. The Morgan fingerprint density at radius 3 is 3.04 bits per heavy atom. The summed E-state index contributed by atoms with van der Waals surface area (Å²) < 4.78 is 11.3. The molecule has 1 atom stereocenters. The Labute approximate surface area is 142 Å². The third-order valence-corrected chi connectivity index (χ3v) is 5.69. The molecule has 0 amide bonds. The molecule has 4 heterocycles. The number of thiazole rings is 2. The highest BCUT2D eigenvalue weighted by Gasteiger charge is 2.24. The fourth-order valence-electron chi connectivity index (χ4n) is 2.64. The van der Waals surface area contributed by atoms with Gasteiger partial charge in [-0.3, -0.25) is 4.90 Å². The Kier molecular flexibility index (Phi) is 4.26. The summed E-state index contributed by atoms with van der Waals surface area (Å²) in [6, 6.07) is 3.83. The summed E-state index contributed by atoms with van der Waals surface area (Å²) in [7, 11) is 0. The van der Waals surface area contributed by atoms with Crippen LogP contribution in [0.2, 0.25) is 0 Å². The fraction of sp³-hybridized carbons (Fsp3) is 0.375. The first-order chi connectivity index (χ1) is 11.3. The van der Waals surface area contributed by atoms with Crippen LogP contribution in [0.1, 0.15) is 22.5 Å². The van der Waals surface area contributed by atoms with Gasteiger partial charge in [0, 0.05) is 36.1 Å². The third kappa shape index (κ3) is 3.37. The highest BCUT2D eigenvalue weighted by atomic mass is 32.1. The average molecular weight is 347 g/mol. The van der Waals surface area contributed by atoms with Crippen LogP contribution in [-0.4, -0.2) is 34.6 Å². The lowest BCUT2D eigenvalue weighted by Gasteiger charge is -2.31. The standard InChI is InChI=1S/C16H17N3O2S2/c1-11-9-22-16(17-11)14-8-19(4-6-21-14)7-12-10-23-15(18-12)13-3-2-5-20-13/h2-3,5,9-10,14H,4,6-8H2,1H3. The lowest BCUT2D eigenvalue weighted by atomic mass is 10.2. The van der Waals surface area contributed by atoms with Crippen molar-refractivity contribution in [2.75, 3.05) is 19.7 Å². The topological polar surface area (TPSA) is 51.4 Å². The molecule has 1 aliphatic rings. The van der Waals surface area contributed by atoms with E-state index >= 15 is 0 Å². The summed E-state index contributed by atoms with van der Waals surface area (Å²) >= 11 is 3.30. The van der Waals surface area contributed by atoms with Gasteiger partial charge in [0.05, 0.1) is 18.6 Å². The average Bonchev–Trinajstić information content (AvgIpc) is 3.28. The number of aromatic nitrogens is 2. The summed E-state index contributed by atoms with van der Waals surface area (Å²) in [6.07, 6.45) is 1.75. The first-order valence-electron chi connectivity index (χ1n) is 7.52. The van der Waals surface area contributed by atoms with E-state index in [2.05, 4.69) is 25.6 Å². The van der Waals surface area contributed by atoms with Gasteiger partial charge in [-0.2, -0.15) is 0 Å². The van der Waals surface area contributed by atoms with Gasteiger partial charge in [-0.15, -0.1) is 22.7 Å². The summed E-state index contributed by atoms with van der Waals surface area (Å²) in [5.74, 6) is 0.833. The van der Waals surface area contributed by atoms with Gasteiger partial charge in [0.25, 0.3) is 0 Å². The summed E-state index contributed by atoms with van der Waals surface area (Å²) in [6.45, 7) is 5.38. The van der Waals surface area contributed by atoms with Crippen molar-refractivity contribution in [1.29, 1.82) is 0 Å². The first-order valence-corrected chi connectivity index (χ1v) is 9.28. The van der Waals surface area contributed by atoms with Crippen LogP contribution in [0.15, 0.2) is 33.6 Å². The van der Waals surface area contributed by atoms with Crippen molar-refractivity contribution >= 4 is 22.7 Å². The quantitative estimate of drug-likeness (QED) is 0.719. The van der Waals surface area contributed by atoms with Crippen LogP contribution in [-0.2, 0) is 11.3 Å². The largest absolute Gasteiger partial charge is 0.462 e. The normalized spacial score (nSPS) is 19.3. The van der Waals surface area contributed by atoms with Gasteiger partial charge in [0.2, 0.25) is 0 Å². The number of furan rings is 1. The van der Waals surface area contributed by atoms with Crippen molar-refractivity contribution in [3.05, 3.63) is 45.6 Å². The molecule has 0 N–H and O–H groups in total. The van der Waals surface area contributed by atoms with E-state index in [1.165, 1.54) is 0 Å². The fourth-order valence-corrected chi connectivity index (χ4v) is 4.25. The Morgan fingerprint density at radius 2 is 2.26 bits per heavy atom. The predicted molar refractivity (Wildman–Crippen MR) is 90.6 cm³/mol. The maximum absolute atomic E-state index is 5.88. The van der Waals surface area contributed by atoms with Crippen LogP contribution in [0.25, 0.3) is 10.8 Å². The van der Waals surface area contributed by atoms with E-state index in [1.54, 1.807) is 28.9 Å². The molecule has 23 heavy (non-hydrogen) atoms. The second kappa shape index (κ2) is 6.52. The zero-order valence-electron chi connectivity index (χ0n) is 12.8. The minimum Gasteiger partial charge on any atom is -0.462 e. The number of ether oxygens (including phenoxy) is 1. The van der Waals surface area contributed by atoms with E-state index in [4.69, 9.17) is 9.15 Å². The molecule has 5 nitrogen and oxygen atoms in total. The third-order valence-electron chi connectivity index (χ3n) is 3.73. The SMILES string of the molecule is Cc1csc(C2CN(Cc3csc(-c4ccco4)n3)CCO2)n1. The van der Waals surface area contributed by atoms with E-state index in [9.17, 15) is 0 Å². The zero-order chi connectivity index (χ0) is 15.6. The molecular weight excluding hydrogens is 330 g/mol. The molecule has 0 bridgehead atoms. The smallest absolute Gasteiger partial charge is 0.162 e. The Bertz CT molecular complexity index is 766. The summed E-state index contributed by atoms with van der Waals surface area (Å²) in [4.78, 5) is 11.6. The highest BCUT2D eigenvalue weighted by Crippen LogP contribution is 2.28. The van der Waals surface area contributed by atoms with Crippen molar-refractivity contribution in [2.24, 2.45) is 0 Å². The Morgan fingerprint density at radius 1 is 1.30 bits per heavy atom. The van der Waals surface area contributed by atoms with Crippen molar-refractivity contribution in [3.63, 3.8) is 0 Å². The lowest BCUT2D eigenvalue weighted by molar-refractivity contribution is -0.0333.